The number of anilines is 1. The van der Waals surface area contributed by atoms with Crippen LogP contribution in [0.3, 0.4) is 0 Å². The summed E-state index contributed by atoms with van der Waals surface area (Å²) in [6.07, 6.45) is 0.818. The Labute approximate surface area is 122 Å². The first-order valence-corrected chi connectivity index (χ1v) is 6.76. The van der Waals surface area contributed by atoms with Crippen molar-refractivity contribution < 1.29 is 14.3 Å². The fraction of sp³-hybridized carbons (Fsp3) is 0.176. The van der Waals surface area contributed by atoms with Crippen LogP contribution in [0.5, 0.6) is 5.75 Å². The van der Waals surface area contributed by atoms with Crippen molar-refractivity contribution in [3.05, 3.63) is 47.5 Å². The summed E-state index contributed by atoms with van der Waals surface area (Å²) in [6.45, 7) is 2.78. The van der Waals surface area contributed by atoms with Crippen LogP contribution in [0.1, 0.15) is 25.0 Å². The van der Waals surface area contributed by atoms with Crippen LogP contribution in [0.15, 0.2) is 36.4 Å². The van der Waals surface area contributed by atoms with Gasteiger partial charge in [0.2, 0.25) is 5.91 Å². The van der Waals surface area contributed by atoms with Gasteiger partial charge in [-0.2, -0.15) is 0 Å². The van der Waals surface area contributed by atoms with E-state index < -0.39 is 5.97 Å². The maximum Gasteiger partial charge on any atom is 0.308 e. The Hall–Kier alpha value is -2.62. The molecule has 1 aliphatic carbocycles. The third kappa shape index (κ3) is 2.52. The molecule has 1 N–H and O–H groups in total. The summed E-state index contributed by atoms with van der Waals surface area (Å²) >= 11 is 0. The van der Waals surface area contributed by atoms with Gasteiger partial charge >= 0.3 is 5.97 Å². The van der Waals surface area contributed by atoms with Gasteiger partial charge in [0.1, 0.15) is 0 Å². The SMILES string of the molecule is CC(=O)Nc1cc2c(cc1OC(C)=O)-c1ccccc1C2. The highest BCUT2D eigenvalue weighted by molar-refractivity contribution is 5.93. The minimum atomic E-state index is -0.409. The lowest BCUT2D eigenvalue weighted by atomic mass is 10.0. The van der Waals surface area contributed by atoms with E-state index >= 15 is 0 Å². The number of benzene rings is 2. The second kappa shape index (κ2) is 5.05. The van der Waals surface area contributed by atoms with E-state index in [-0.39, 0.29) is 5.91 Å². The molecule has 0 bridgehead atoms. The molecule has 4 nitrogen and oxygen atoms in total. The molecule has 2 aromatic rings. The molecule has 0 saturated carbocycles. The Bertz CT molecular complexity index is 750. The van der Waals surface area contributed by atoms with E-state index in [0.29, 0.717) is 11.4 Å². The standard InChI is InChI=1S/C17H15NO3/c1-10(19)18-16-8-13-7-12-5-3-4-6-14(12)15(13)9-17(16)21-11(2)20/h3-6,8-9H,7H2,1-2H3,(H,18,19). The van der Waals surface area contributed by atoms with E-state index in [9.17, 15) is 9.59 Å². The van der Waals surface area contributed by atoms with Crippen molar-refractivity contribution in [1.82, 2.24) is 0 Å². The van der Waals surface area contributed by atoms with E-state index in [4.69, 9.17) is 4.74 Å². The molecular weight excluding hydrogens is 266 g/mol. The molecule has 0 spiro atoms. The lowest BCUT2D eigenvalue weighted by Crippen LogP contribution is -2.10. The first-order valence-electron chi connectivity index (χ1n) is 6.76. The largest absolute Gasteiger partial charge is 0.424 e. The van der Waals surface area contributed by atoms with Crippen molar-refractivity contribution >= 4 is 17.6 Å². The summed E-state index contributed by atoms with van der Waals surface area (Å²) in [5, 5.41) is 2.72. The van der Waals surface area contributed by atoms with Gasteiger partial charge in [-0.1, -0.05) is 24.3 Å². The Balaban J connectivity index is 2.12. The first-order chi connectivity index (χ1) is 10.0. The second-order valence-corrected chi connectivity index (χ2v) is 5.11. The van der Waals surface area contributed by atoms with Crippen LogP contribution in [0.4, 0.5) is 5.69 Å². The molecule has 1 amide bonds. The molecule has 3 rings (SSSR count). The van der Waals surface area contributed by atoms with Crippen LogP contribution in [-0.2, 0) is 16.0 Å². The number of esters is 1. The zero-order chi connectivity index (χ0) is 15.0. The molecule has 2 aromatic carbocycles. The number of amides is 1. The normalized spacial score (nSPS) is 11.5. The van der Waals surface area contributed by atoms with Gasteiger partial charge in [-0.3, -0.25) is 9.59 Å². The number of carbonyl (C=O) groups is 2. The topological polar surface area (TPSA) is 55.4 Å². The Morgan fingerprint density at radius 2 is 1.81 bits per heavy atom. The molecule has 106 valence electrons. The first kappa shape index (κ1) is 13.4. The molecule has 0 radical (unpaired) electrons. The fourth-order valence-electron chi connectivity index (χ4n) is 2.69. The predicted molar refractivity (Wildman–Crippen MR) is 80.3 cm³/mol. The number of nitrogens with one attached hydrogen (secondary N) is 1. The number of hydrogen-bond acceptors (Lipinski definition) is 3. The number of ether oxygens (including phenoxy) is 1. The maximum atomic E-state index is 11.3. The van der Waals surface area contributed by atoms with E-state index in [1.54, 1.807) is 0 Å². The van der Waals surface area contributed by atoms with Gasteiger partial charge < -0.3 is 10.1 Å². The zero-order valence-corrected chi connectivity index (χ0v) is 11.9. The van der Waals surface area contributed by atoms with Gasteiger partial charge in [0, 0.05) is 13.8 Å². The van der Waals surface area contributed by atoms with E-state index in [1.165, 1.54) is 19.4 Å². The van der Waals surface area contributed by atoms with Gasteiger partial charge in [0.05, 0.1) is 5.69 Å². The third-order valence-electron chi connectivity index (χ3n) is 3.46. The van der Waals surface area contributed by atoms with Crippen molar-refractivity contribution in [2.75, 3.05) is 5.32 Å². The maximum absolute atomic E-state index is 11.3. The lowest BCUT2D eigenvalue weighted by Gasteiger charge is -2.12. The molecule has 0 heterocycles. The summed E-state index contributed by atoms with van der Waals surface area (Å²) in [5.74, 6) is -0.222. The monoisotopic (exact) mass is 281 g/mol. The molecule has 0 fully saturated rings. The summed E-state index contributed by atoms with van der Waals surface area (Å²) < 4.78 is 5.23. The molecule has 0 unspecified atom stereocenters. The van der Waals surface area contributed by atoms with E-state index in [0.717, 1.165) is 23.1 Å². The summed E-state index contributed by atoms with van der Waals surface area (Å²) in [6, 6.07) is 11.8. The molecule has 0 atom stereocenters. The van der Waals surface area contributed by atoms with Crippen LogP contribution in [-0.4, -0.2) is 11.9 Å². The van der Waals surface area contributed by atoms with E-state index in [1.807, 2.05) is 24.3 Å². The van der Waals surface area contributed by atoms with Gasteiger partial charge in [-0.25, -0.2) is 0 Å². The van der Waals surface area contributed by atoms with Gasteiger partial charge in [0.15, 0.2) is 5.75 Å². The average molecular weight is 281 g/mol. The molecule has 0 aliphatic heterocycles. The Morgan fingerprint density at radius 1 is 1.05 bits per heavy atom. The molecule has 21 heavy (non-hydrogen) atoms. The quantitative estimate of drug-likeness (QED) is 0.580. The lowest BCUT2D eigenvalue weighted by molar-refractivity contribution is -0.131. The minimum Gasteiger partial charge on any atom is -0.424 e. The minimum absolute atomic E-state index is 0.195. The fourth-order valence-corrected chi connectivity index (χ4v) is 2.69. The Kier molecular flexibility index (Phi) is 3.22. The number of carbonyl (C=O) groups excluding carboxylic acids is 2. The molecule has 0 aromatic heterocycles. The molecular formula is C17H15NO3. The van der Waals surface area contributed by atoms with Crippen LogP contribution in [0, 0.1) is 0 Å². The van der Waals surface area contributed by atoms with Crippen molar-refractivity contribution in [1.29, 1.82) is 0 Å². The van der Waals surface area contributed by atoms with Gasteiger partial charge in [-0.05, 0) is 40.8 Å². The van der Waals surface area contributed by atoms with Crippen LogP contribution in [0.25, 0.3) is 11.1 Å². The molecule has 4 heteroatoms. The highest BCUT2D eigenvalue weighted by Gasteiger charge is 2.21. The predicted octanol–water partition coefficient (Wildman–Crippen LogP) is 3.14. The van der Waals surface area contributed by atoms with Crippen molar-refractivity contribution in [2.45, 2.75) is 20.3 Å². The average Bonchev–Trinajstić information content (AvgIpc) is 2.75. The van der Waals surface area contributed by atoms with Crippen molar-refractivity contribution in [3.8, 4) is 16.9 Å². The highest BCUT2D eigenvalue weighted by atomic mass is 16.5. The van der Waals surface area contributed by atoms with Crippen molar-refractivity contribution in [2.24, 2.45) is 0 Å². The third-order valence-corrected chi connectivity index (χ3v) is 3.46. The van der Waals surface area contributed by atoms with Crippen LogP contribution in [0.2, 0.25) is 0 Å². The van der Waals surface area contributed by atoms with Gasteiger partial charge in [0.25, 0.3) is 0 Å². The highest BCUT2D eigenvalue weighted by Crippen LogP contribution is 2.41. The second-order valence-electron chi connectivity index (χ2n) is 5.11. The summed E-state index contributed by atoms with van der Waals surface area (Å²) in [5.41, 5.74) is 5.09. The smallest absolute Gasteiger partial charge is 0.308 e. The van der Waals surface area contributed by atoms with Crippen LogP contribution >= 0.6 is 0 Å². The number of hydrogen-bond donors (Lipinski definition) is 1. The summed E-state index contributed by atoms with van der Waals surface area (Å²) in [4.78, 5) is 22.6. The van der Waals surface area contributed by atoms with Gasteiger partial charge in [-0.15, -0.1) is 0 Å². The van der Waals surface area contributed by atoms with Crippen molar-refractivity contribution in [3.63, 3.8) is 0 Å². The number of rotatable bonds is 2. The molecule has 1 aliphatic rings. The zero-order valence-electron chi connectivity index (χ0n) is 11.9. The number of fused-ring (bicyclic) bond motifs is 3. The van der Waals surface area contributed by atoms with Crippen LogP contribution < -0.4 is 10.1 Å². The van der Waals surface area contributed by atoms with E-state index in [2.05, 4.69) is 17.4 Å². The molecule has 0 saturated heterocycles. The summed E-state index contributed by atoms with van der Waals surface area (Å²) in [7, 11) is 0. The Morgan fingerprint density at radius 3 is 2.52 bits per heavy atom.